The summed E-state index contributed by atoms with van der Waals surface area (Å²) in [6.07, 6.45) is 3.53. The van der Waals surface area contributed by atoms with Crippen LogP contribution in [0.5, 0.6) is 0 Å². The lowest BCUT2D eigenvalue weighted by molar-refractivity contribution is -0.136. The van der Waals surface area contributed by atoms with E-state index >= 15 is 0 Å². The van der Waals surface area contributed by atoms with Gasteiger partial charge in [-0.15, -0.1) is 0 Å². The molecule has 0 saturated heterocycles. The third-order valence-corrected chi connectivity index (χ3v) is 3.52. The van der Waals surface area contributed by atoms with Crippen LogP contribution >= 0.6 is 15.9 Å². The van der Waals surface area contributed by atoms with Gasteiger partial charge in [-0.1, -0.05) is 34.1 Å². The van der Waals surface area contributed by atoms with E-state index in [1.165, 1.54) is 0 Å². The summed E-state index contributed by atoms with van der Waals surface area (Å²) in [5.41, 5.74) is 1.93. The number of benzene rings is 1. The van der Waals surface area contributed by atoms with E-state index in [2.05, 4.69) is 25.9 Å². The van der Waals surface area contributed by atoms with Gasteiger partial charge in [-0.2, -0.15) is 0 Å². The highest BCUT2D eigenvalue weighted by atomic mass is 79.9. The Balaban J connectivity index is 2.14. The Bertz CT molecular complexity index is 602. The van der Waals surface area contributed by atoms with E-state index in [9.17, 15) is 4.79 Å². The van der Waals surface area contributed by atoms with Gasteiger partial charge in [0, 0.05) is 36.0 Å². The molecule has 2 aromatic rings. The Labute approximate surface area is 125 Å². The van der Waals surface area contributed by atoms with Gasteiger partial charge in [0.2, 0.25) is 5.95 Å². The van der Waals surface area contributed by atoms with Gasteiger partial charge < -0.3 is 10.0 Å². The fourth-order valence-corrected chi connectivity index (χ4v) is 2.23. The lowest BCUT2D eigenvalue weighted by Crippen LogP contribution is -2.22. The largest absolute Gasteiger partial charge is 0.481 e. The summed E-state index contributed by atoms with van der Waals surface area (Å²) in [4.78, 5) is 20.8. The molecule has 104 valence electrons. The van der Waals surface area contributed by atoms with Gasteiger partial charge in [0.25, 0.3) is 0 Å². The van der Waals surface area contributed by atoms with Gasteiger partial charge in [-0.25, -0.2) is 9.97 Å². The number of nitrogens with zero attached hydrogens (tertiary/aromatic N) is 3. The number of anilines is 1. The smallest absolute Gasteiger partial charge is 0.305 e. The van der Waals surface area contributed by atoms with E-state index in [-0.39, 0.29) is 6.42 Å². The molecule has 0 bridgehead atoms. The van der Waals surface area contributed by atoms with Gasteiger partial charge in [0.15, 0.2) is 0 Å². The first-order valence-electron chi connectivity index (χ1n) is 6.08. The number of aliphatic carboxylic acids is 1. The van der Waals surface area contributed by atoms with Crippen LogP contribution < -0.4 is 4.90 Å². The Kier molecular flexibility index (Phi) is 4.68. The number of hydrogen-bond donors (Lipinski definition) is 1. The van der Waals surface area contributed by atoms with E-state index < -0.39 is 5.97 Å². The van der Waals surface area contributed by atoms with E-state index in [4.69, 9.17) is 5.11 Å². The second kappa shape index (κ2) is 6.47. The van der Waals surface area contributed by atoms with Crippen molar-refractivity contribution >= 4 is 27.8 Å². The number of halogens is 1. The van der Waals surface area contributed by atoms with Crippen LogP contribution in [-0.4, -0.2) is 34.6 Å². The minimum Gasteiger partial charge on any atom is -0.481 e. The normalized spacial score (nSPS) is 10.3. The molecule has 6 heteroatoms. The zero-order valence-electron chi connectivity index (χ0n) is 11.0. The molecular formula is C14H14BrN3O2. The van der Waals surface area contributed by atoms with Crippen molar-refractivity contribution in [2.75, 3.05) is 18.5 Å². The predicted molar refractivity (Wildman–Crippen MR) is 80.7 cm³/mol. The van der Waals surface area contributed by atoms with E-state index in [1.807, 2.05) is 24.3 Å². The molecule has 20 heavy (non-hydrogen) atoms. The van der Waals surface area contributed by atoms with E-state index in [0.717, 1.165) is 15.6 Å². The summed E-state index contributed by atoms with van der Waals surface area (Å²) in [6, 6.07) is 7.84. The molecule has 0 spiro atoms. The maximum Gasteiger partial charge on any atom is 0.305 e. The SMILES string of the molecule is CN(CCC(=O)O)c1ncc(-c2ccccc2Br)cn1. The maximum absolute atomic E-state index is 10.5. The highest BCUT2D eigenvalue weighted by Gasteiger charge is 2.08. The molecule has 1 aromatic heterocycles. The highest BCUT2D eigenvalue weighted by molar-refractivity contribution is 9.10. The maximum atomic E-state index is 10.5. The summed E-state index contributed by atoms with van der Waals surface area (Å²) < 4.78 is 0.982. The van der Waals surface area contributed by atoms with Crippen molar-refractivity contribution in [1.29, 1.82) is 0 Å². The molecule has 0 aliphatic rings. The lowest BCUT2D eigenvalue weighted by Gasteiger charge is -2.15. The Morgan fingerprint density at radius 3 is 2.55 bits per heavy atom. The molecule has 0 fully saturated rings. The molecular weight excluding hydrogens is 322 g/mol. The minimum absolute atomic E-state index is 0.0614. The fraction of sp³-hybridized carbons (Fsp3) is 0.214. The first kappa shape index (κ1) is 14.5. The monoisotopic (exact) mass is 335 g/mol. The fourth-order valence-electron chi connectivity index (χ4n) is 1.72. The Morgan fingerprint density at radius 1 is 1.30 bits per heavy atom. The van der Waals surface area contributed by atoms with Crippen LogP contribution in [0.15, 0.2) is 41.1 Å². The van der Waals surface area contributed by atoms with Crippen molar-refractivity contribution in [2.45, 2.75) is 6.42 Å². The van der Waals surface area contributed by atoms with Gasteiger partial charge in [0.1, 0.15) is 0 Å². The van der Waals surface area contributed by atoms with Crippen molar-refractivity contribution in [2.24, 2.45) is 0 Å². The molecule has 5 nitrogen and oxygen atoms in total. The van der Waals surface area contributed by atoms with Gasteiger partial charge in [0.05, 0.1) is 6.42 Å². The Hall–Kier alpha value is -1.95. The molecule has 0 unspecified atom stereocenters. The van der Waals surface area contributed by atoms with E-state index in [1.54, 1.807) is 24.3 Å². The first-order chi connectivity index (χ1) is 9.58. The summed E-state index contributed by atoms with van der Waals surface area (Å²) in [5, 5.41) is 8.66. The Morgan fingerprint density at radius 2 is 1.95 bits per heavy atom. The third-order valence-electron chi connectivity index (χ3n) is 2.83. The van der Waals surface area contributed by atoms with Crippen molar-refractivity contribution in [1.82, 2.24) is 9.97 Å². The zero-order valence-corrected chi connectivity index (χ0v) is 12.5. The van der Waals surface area contributed by atoms with Gasteiger partial charge in [-0.3, -0.25) is 4.79 Å². The van der Waals surface area contributed by atoms with Crippen molar-refractivity contribution in [3.8, 4) is 11.1 Å². The summed E-state index contributed by atoms with van der Waals surface area (Å²) >= 11 is 3.49. The van der Waals surface area contributed by atoms with Crippen LogP contribution in [-0.2, 0) is 4.79 Å². The van der Waals surface area contributed by atoms with Crippen LogP contribution in [0.2, 0.25) is 0 Å². The molecule has 0 aliphatic heterocycles. The van der Waals surface area contributed by atoms with Crippen molar-refractivity contribution < 1.29 is 9.90 Å². The molecule has 0 atom stereocenters. The number of carboxylic acid groups (broad SMARTS) is 1. The van der Waals surface area contributed by atoms with Crippen molar-refractivity contribution in [3.63, 3.8) is 0 Å². The second-order valence-electron chi connectivity index (χ2n) is 4.32. The van der Waals surface area contributed by atoms with Crippen LogP contribution in [0.25, 0.3) is 11.1 Å². The number of aromatic nitrogens is 2. The summed E-state index contributed by atoms with van der Waals surface area (Å²) in [7, 11) is 1.77. The lowest BCUT2D eigenvalue weighted by atomic mass is 10.1. The van der Waals surface area contributed by atoms with Gasteiger partial charge in [-0.05, 0) is 11.6 Å². The molecule has 2 rings (SSSR count). The minimum atomic E-state index is -0.832. The second-order valence-corrected chi connectivity index (χ2v) is 5.17. The highest BCUT2D eigenvalue weighted by Crippen LogP contribution is 2.27. The van der Waals surface area contributed by atoms with Crippen LogP contribution in [0, 0.1) is 0 Å². The molecule has 1 heterocycles. The van der Waals surface area contributed by atoms with Crippen LogP contribution in [0.3, 0.4) is 0 Å². The number of carbonyl (C=O) groups is 1. The summed E-state index contributed by atoms with van der Waals surface area (Å²) in [6.45, 7) is 0.379. The number of hydrogen-bond acceptors (Lipinski definition) is 4. The molecule has 0 aliphatic carbocycles. The first-order valence-corrected chi connectivity index (χ1v) is 6.87. The molecule has 0 radical (unpaired) electrons. The molecule has 0 saturated carbocycles. The zero-order chi connectivity index (χ0) is 14.5. The standard InChI is InChI=1S/C14H14BrN3O2/c1-18(7-6-13(19)20)14-16-8-10(9-17-14)11-4-2-3-5-12(11)15/h2-5,8-9H,6-7H2,1H3,(H,19,20). The van der Waals surface area contributed by atoms with Crippen LogP contribution in [0.4, 0.5) is 5.95 Å². The quantitative estimate of drug-likeness (QED) is 0.909. The average molecular weight is 336 g/mol. The molecule has 0 amide bonds. The topological polar surface area (TPSA) is 66.3 Å². The number of rotatable bonds is 5. The molecule has 1 aromatic carbocycles. The third kappa shape index (κ3) is 3.54. The van der Waals surface area contributed by atoms with Crippen molar-refractivity contribution in [3.05, 3.63) is 41.1 Å². The average Bonchev–Trinajstić information content (AvgIpc) is 2.45. The predicted octanol–water partition coefficient (Wildman–Crippen LogP) is 2.82. The van der Waals surface area contributed by atoms with Gasteiger partial charge >= 0.3 is 5.97 Å². The van der Waals surface area contributed by atoms with E-state index in [0.29, 0.717) is 12.5 Å². The van der Waals surface area contributed by atoms with Crippen LogP contribution in [0.1, 0.15) is 6.42 Å². The summed E-state index contributed by atoms with van der Waals surface area (Å²) in [5.74, 6) is -0.316. The number of carboxylic acids is 1. The molecule has 1 N–H and O–H groups in total.